The molecule has 0 spiro atoms. The van der Waals surface area contributed by atoms with Crippen LogP contribution >= 0.6 is 18.2 Å². The Bertz CT molecular complexity index is 1160. The Morgan fingerprint density at radius 2 is 1.12 bits per heavy atom. The van der Waals surface area contributed by atoms with Crippen molar-refractivity contribution >= 4 is 34.1 Å². The number of thiophene rings is 1. The van der Waals surface area contributed by atoms with E-state index in [-0.39, 0.29) is 17.7 Å². The zero-order valence-electron chi connectivity index (χ0n) is 17.7. The molecule has 4 aromatic rings. The summed E-state index contributed by atoms with van der Waals surface area (Å²) in [6.45, 7) is -3.35. The molecule has 0 radical (unpaired) electrons. The molecule has 1 aromatic heterocycles. The molecule has 2 heterocycles. The fourth-order valence-corrected chi connectivity index (χ4v) is 13.4. The third-order valence-electron chi connectivity index (χ3n) is 7.03. The Labute approximate surface area is 193 Å². The Balaban J connectivity index is 1.78. The van der Waals surface area contributed by atoms with Gasteiger partial charge in [0.25, 0.3) is 0 Å². The number of hydrogen-bond acceptors (Lipinski definition) is 2. The summed E-state index contributed by atoms with van der Waals surface area (Å²) in [5.41, 5.74) is 0.227. The van der Waals surface area contributed by atoms with Gasteiger partial charge in [0.05, 0.1) is 0 Å². The minimum atomic E-state index is -3.35. The van der Waals surface area contributed by atoms with Gasteiger partial charge in [-0.2, -0.15) is 0 Å². The van der Waals surface area contributed by atoms with Crippen LogP contribution in [0.4, 0.5) is 0 Å². The van der Waals surface area contributed by atoms with E-state index in [1.807, 2.05) is 0 Å². The molecule has 1 nitrogen and oxygen atoms in total. The van der Waals surface area contributed by atoms with Gasteiger partial charge in [0.1, 0.15) is 0 Å². The first-order chi connectivity index (χ1) is 15.8. The molecule has 3 atom stereocenters. The fraction of sp³-hybridized carbons (Fsp3) is 0.103. The van der Waals surface area contributed by atoms with Crippen molar-refractivity contribution in [1.82, 2.24) is 0 Å². The molecule has 158 valence electrons. The van der Waals surface area contributed by atoms with Gasteiger partial charge in [-0.15, -0.1) is 0 Å². The Morgan fingerprint density at radius 1 is 0.594 bits per heavy atom. The predicted octanol–water partition coefficient (Wildman–Crippen LogP) is 6.38. The van der Waals surface area contributed by atoms with Crippen LogP contribution in [0.3, 0.4) is 0 Å². The zero-order valence-corrected chi connectivity index (χ0v) is 19.4. The molecule has 3 heteroatoms. The number of rotatable bonds is 4. The van der Waals surface area contributed by atoms with E-state index < -0.39 is 6.83 Å². The number of fused-ring (bicyclic) bond motifs is 1. The van der Waals surface area contributed by atoms with Crippen molar-refractivity contribution in [2.45, 2.75) is 11.8 Å². The molecule has 1 aliphatic carbocycles. The minimum absolute atomic E-state index is 0.0134. The molecular weight excluding hydrogens is 427 g/mol. The normalized spacial score (nSPS) is 26.1. The summed E-state index contributed by atoms with van der Waals surface area (Å²) in [4.78, 5) is 1.30. The van der Waals surface area contributed by atoms with Crippen LogP contribution in [0, 0.1) is 5.92 Å². The molecule has 2 aliphatic rings. The second-order valence-electron chi connectivity index (χ2n) is 8.49. The topological polar surface area (TPSA) is 9.23 Å². The van der Waals surface area contributed by atoms with Crippen LogP contribution in [0.25, 0.3) is 0 Å². The second kappa shape index (κ2) is 7.67. The van der Waals surface area contributed by atoms with Gasteiger partial charge in [0.15, 0.2) is 0 Å². The molecule has 2 unspecified atom stereocenters. The van der Waals surface area contributed by atoms with E-state index in [0.717, 1.165) is 0 Å². The molecule has 0 N–H and O–H groups in total. The van der Waals surface area contributed by atoms with Crippen LogP contribution in [0.15, 0.2) is 133 Å². The van der Waals surface area contributed by atoms with Gasteiger partial charge in [0, 0.05) is 0 Å². The Kier molecular flexibility index (Phi) is 4.77. The first-order valence-corrected chi connectivity index (χ1v) is 14.2. The summed E-state index contributed by atoms with van der Waals surface area (Å²) in [6.07, 6.45) is 9.22. The first-order valence-electron chi connectivity index (χ1n) is 11.1. The summed E-state index contributed by atoms with van der Waals surface area (Å²) >= 11 is 1.80. The van der Waals surface area contributed by atoms with Crippen LogP contribution in [0.5, 0.6) is 0 Å². The quantitative estimate of drug-likeness (QED) is 0.327. The average molecular weight is 453 g/mol. The van der Waals surface area contributed by atoms with Gasteiger partial charge >= 0.3 is 194 Å². The first kappa shape index (κ1) is 19.9. The molecule has 1 fully saturated rings. The van der Waals surface area contributed by atoms with Crippen molar-refractivity contribution in [3.05, 3.63) is 138 Å². The fourth-order valence-electron chi connectivity index (χ4n) is 5.77. The Hall–Kier alpha value is -2.77. The molecule has 0 amide bonds. The SMILES string of the molecule is C1=CC2[C@H](C=C1)C(c1cccs1)OP2(c1ccccc1)(c1ccccc1)c1ccccc1. The van der Waals surface area contributed by atoms with Gasteiger partial charge in [-0.3, -0.25) is 0 Å². The van der Waals surface area contributed by atoms with E-state index in [1.165, 1.54) is 20.8 Å². The van der Waals surface area contributed by atoms with Crippen LogP contribution in [0.1, 0.15) is 11.0 Å². The van der Waals surface area contributed by atoms with Crippen molar-refractivity contribution < 1.29 is 4.52 Å². The standard InChI is InChI=1S/C29H25OPS/c1-4-13-23(14-5-1)31(24-15-6-2-7-16-24,25-17-8-3-9-18-25)27-20-11-10-19-26(27)29(30-31)28-21-12-22-32-28/h1-22,26-27,29H/t26-,27?,29?/m0/s1. The van der Waals surface area contributed by atoms with Crippen molar-refractivity contribution in [2.75, 3.05) is 0 Å². The average Bonchev–Trinajstić information content (AvgIpc) is 3.52. The summed E-state index contributed by atoms with van der Waals surface area (Å²) in [5, 5.41) is 6.05. The molecule has 1 saturated heterocycles. The number of benzene rings is 3. The molecule has 6 rings (SSSR count). The van der Waals surface area contributed by atoms with Gasteiger partial charge < -0.3 is 0 Å². The van der Waals surface area contributed by atoms with Gasteiger partial charge in [-0.1, -0.05) is 0 Å². The molecule has 0 bridgehead atoms. The van der Waals surface area contributed by atoms with Crippen LogP contribution in [-0.2, 0) is 4.52 Å². The van der Waals surface area contributed by atoms with Crippen molar-refractivity contribution in [1.29, 1.82) is 0 Å². The number of hydrogen-bond donors (Lipinski definition) is 0. The second-order valence-corrected chi connectivity index (χ2v) is 14.0. The summed E-state index contributed by atoms with van der Waals surface area (Å²) in [6, 6.07) is 37.4. The molecule has 0 saturated carbocycles. The van der Waals surface area contributed by atoms with Crippen molar-refractivity contribution in [3.63, 3.8) is 0 Å². The van der Waals surface area contributed by atoms with Gasteiger partial charge in [0.2, 0.25) is 0 Å². The van der Waals surface area contributed by atoms with E-state index in [9.17, 15) is 0 Å². The molecule has 32 heavy (non-hydrogen) atoms. The van der Waals surface area contributed by atoms with Gasteiger partial charge in [-0.05, 0) is 0 Å². The van der Waals surface area contributed by atoms with E-state index in [4.69, 9.17) is 4.52 Å². The van der Waals surface area contributed by atoms with Crippen LogP contribution in [0.2, 0.25) is 0 Å². The third kappa shape index (κ3) is 2.58. The van der Waals surface area contributed by atoms with Crippen molar-refractivity contribution in [3.8, 4) is 0 Å². The maximum atomic E-state index is 7.72. The van der Waals surface area contributed by atoms with E-state index >= 15 is 0 Å². The third-order valence-corrected chi connectivity index (χ3v) is 14.3. The summed E-state index contributed by atoms with van der Waals surface area (Å²) < 4.78 is 7.72. The van der Waals surface area contributed by atoms with Crippen molar-refractivity contribution in [2.24, 2.45) is 5.92 Å². The summed E-state index contributed by atoms with van der Waals surface area (Å²) in [5.74, 6) is 0.275. The van der Waals surface area contributed by atoms with Crippen LogP contribution < -0.4 is 15.9 Å². The van der Waals surface area contributed by atoms with Crippen LogP contribution in [-0.4, -0.2) is 5.66 Å². The van der Waals surface area contributed by atoms with Gasteiger partial charge in [-0.25, -0.2) is 0 Å². The zero-order chi connectivity index (χ0) is 21.5. The molecule has 1 aliphatic heterocycles. The molecular formula is C29H25OPS. The Morgan fingerprint density at radius 3 is 1.62 bits per heavy atom. The number of allylic oxidation sites excluding steroid dienone is 3. The maximum absolute atomic E-state index is 7.72. The monoisotopic (exact) mass is 452 g/mol. The van der Waals surface area contributed by atoms with E-state index in [1.54, 1.807) is 11.3 Å². The van der Waals surface area contributed by atoms with E-state index in [2.05, 4.69) is 133 Å². The predicted molar refractivity (Wildman–Crippen MR) is 139 cm³/mol. The molecule has 3 aromatic carbocycles. The van der Waals surface area contributed by atoms with E-state index in [0.29, 0.717) is 0 Å². The summed E-state index contributed by atoms with van der Waals surface area (Å²) in [7, 11) is 0.